The van der Waals surface area contributed by atoms with E-state index in [1.807, 2.05) is 18.2 Å². The zero-order chi connectivity index (χ0) is 11.4. The van der Waals surface area contributed by atoms with Crippen molar-refractivity contribution in [3.05, 3.63) is 59.3 Å². The molecule has 2 nitrogen and oxygen atoms in total. The van der Waals surface area contributed by atoms with Gasteiger partial charge < -0.3 is 5.32 Å². The summed E-state index contributed by atoms with van der Waals surface area (Å²) in [5.41, 5.74) is 3.93. The summed E-state index contributed by atoms with van der Waals surface area (Å²) < 4.78 is 0. The molecule has 0 aliphatic heterocycles. The Kier molecular flexibility index (Phi) is 4.98. The molecule has 0 aliphatic carbocycles. The van der Waals surface area contributed by atoms with Crippen molar-refractivity contribution in [2.75, 3.05) is 5.32 Å². The SMILES string of the molecule is Cc1ccc(C)c(CNc2ccccn2)c1.Cl. The Labute approximate surface area is 109 Å². The highest BCUT2D eigenvalue weighted by atomic mass is 35.5. The van der Waals surface area contributed by atoms with Crippen molar-refractivity contribution in [3.63, 3.8) is 0 Å². The van der Waals surface area contributed by atoms with Crippen LogP contribution in [0.5, 0.6) is 0 Å². The maximum absolute atomic E-state index is 4.23. The van der Waals surface area contributed by atoms with Crippen molar-refractivity contribution in [2.45, 2.75) is 20.4 Å². The van der Waals surface area contributed by atoms with Crippen LogP contribution in [0.25, 0.3) is 0 Å². The predicted molar refractivity (Wildman–Crippen MR) is 74.7 cm³/mol. The van der Waals surface area contributed by atoms with Gasteiger partial charge in [0.25, 0.3) is 0 Å². The van der Waals surface area contributed by atoms with Crippen molar-refractivity contribution >= 4 is 18.2 Å². The van der Waals surface area contributed by atoms with Crippen molar-refractivity contribution in [1.82, 2.24) is 4.98 Å². The number of pyridine rings is 1. The number of aryl methyl sites for hydroxylation is 2. The first-order valence-corrected chi connectivity index (χ1v) is 5.47. The molecule has 0 atom stereocenters. The fourth-order valence-corrected chi connectivity index (χ4v) is 1.64. The van der Waals surface area contributed by atoms with E-state index in [2.05, 4.69) is 42.3 Å². The van der Waals surface area contributed by atoms with Gasteiger partial charge in [-0.1, -0.05) is 29.8 Å². The van der Waals surface area contributed by atoms with Gasteiger partial charge in [0, 0.05) is 12.7 Å². The standard InChI is InChI=1S/C14H16N2.ClH/c1-11-6-7-12(2)13(9-11)10-16-14-5-3-4-8-15-14;/h3-9H,10H2,1-2H3,(H,15,16);1H. The van der Waals surface area contributed by atoms with Gasteiger partial charge in [0.05, 0.1) is 0 Å². The van der Waals surface area contributed by atoms with E-state index in [1.165, 1.54) is 16.7 Å². The molecule has 0 amide bonds. The summed E-state index contributed by atoms with van der Waals surface area (Å²) in [5, 5.41) is 3.32. The zero-order valence-corrected chi connectivity index (χ0v) is 10.9. The van der Waals surface area contributed by atoms with E-state index in [0.29, 0.717) is 0 Å². The highest BCUT2D eigenvalue weighted by Crippen LogP contribution is 2.12. The molecule has 2 aromatic rings. The summed E-state index contributed by atoms with van der Waals surface area (Å²) in [7, 11) is 0. The van der Waals surface area contributed by atoms with Gasteiger partial charge in [-0.2, -0.15) is 0 Å². The number of anilines is 1. The second-order valence-corrected chi connectivity index (χ2v) is 4.00. The Morgan fingerprint density at radius 2 is 1.94 bits per heavy atom. The third-order valence-electron chi connectivity index (χ3n) is 2.63. The average molecular weight is 249 g/mol. The summed E-state index contributed by atoms with van der Waals surface area (Å²) in [5.74, 6) is 0.920. The van der Waals surface area contributed by atoms with Crippen LogP contribution in [-0.4, -0.2) is 4.98 Å². The smallest absolute Gasteiger partial charge is 0.126 e. The fourth-order valence-electron chi connectivity index (χ4n) is 1.64. The van der Waals surface area contributed by atoms with Crippen LogP contribution in [0, 0.1) is 13.8 Å². The van der Waals surface area contributed by atoms with Crippen LogP contribution in [0.2, 0.25) is 0 Å². The molecule has 0 saturated carbocycles. The van der Waals surface area contributed by atoms with Crippen molar-refractivity contribution in [3.8, 4) is 0 Å². The maximum Gasteiger partial charge on any atom is 0.126 e. The number of nitrogens with zero attached hydrogens (tertiary/aromatic N) is 1. The van der Waals surface area contributed by atoms with Gasteiger partial charge in [-0.25, -0.2) is 4.98 Å². The highest BCUT2D eigenvalue weighted by Gasteiger charge is 1.98. The lowest BCUT2D eigenvalue weighted by molar-refractivity contribution is 1.08. The van der Waals surface area contributed by atoms with E-state index in [4.69, 9.17) is 0 Å². The number of nitrogens with one attached hydrogen (secondary N) is 1. The summed E-state index contributed by atoms with van der Waals surface area (Å²) in [4.78, 5) is 4.23. The lowest BCUT2D eigenvalue weighted by Gasteiger charge is -2.09. The number of benzene rings is 1. The second-order valence-electron chi connectivity index (χ2n) is 4.00. The Balaban J connectivity index is 0.00000144. The topological polar surface area (TPSA) is 24.9 Å². The highest BCUT2D eigenvalue weighted by molar-refractivity contribution is 5.85. The van der Waals surface area contributed by atoms with Gasteiger partial charge in [0.2, 0.25) is 0 Å². The van der Waals surface area contributed by atoms with Gasteiger partial charge in [0.1, 0.15) is 5.82 Å². The van der Waals surface area contributed by atoms with Gasteiger partial charge >= 0.3 is 0 Å². The molecule has 1 aromatic heterocycles. The van der Waals surface area contributed by atoms with Gasteiger partial charge in [-0.3, -0.25) is 0 Å². The summed E-state index contributed by atoms with van der Waals surface area (Å²) in [6.07, 6.45) is 1.80. The molecule has 0 spiro atoms. The molecule has 1 aromatic carbocycles. The molecular formula is C14H17ClN2. The minimum absolute atomic E-state index is 0. The van der Waals surface area contributed by atoms with E-state index in [1.54, 1.807) is 6.20 Å². The van der Waals surface area contributed by atoms with E-state index in [-0.39, 0.29) is 12.4 Å². The van der Waals surface area contributed by atoms with Crippen LogP contribution in [0.3, 0.4) is 0 Å². The van der Waals surface area contributed by atoms with E-state index in [9.17, 15) is 0 Å². The molecule has 0 fully saturated rings. The molecule has 3 heteroatoms. The number of halogens is 1. The molecule has 90 valence electrons. The van der Waals surface area contributed by atoms with Crippen LogP contribution in [0.15, 0.2) is 42.6 Å². The first kappa shape index (κ1) is 13.5. The third kappa shape index (κ3) is 3.75. The second kappa shape index (κ2) is 6.26. The van der Waals surface area contributed by atoms with E-state index < -0.39 is 0 Å². The average Bonchev–Trinajstić information content (AvgIpc) is 2.32. The minimum Gasteiger partial charge on any atom is -0.366 e. The van der Waals surface area contributed by atoms with Crippen LogP contribution in [-0.2, 0) is 6.54 Å². The van der Waals surface area contributed by atoms with Crippen molar-refractivity contribution in [2.24, 2.45) is 0 Å². The van der Waals surface area contributed by atoms with Crippen molar-refractivity contribution in [1.29, 1.82) is 0 Å². The van der Waals surface area contributed by atoms with Gasteiger partial charge in [-0.05, 0) is 37.1 Å². The molecule has 2 rings (SSSR count). The molecule has 0 saturated heterocycles. The molecular weight excluding hydrogens is 232 g/mol. The maximum atomic E-state index is 4.23. The Hall–Kier alpha value is -1.54. The fraction of sp³-hybridized carbons (Fsp3) is 0.214. The van der Waals surface area contributed by atoms with Crippen LogP contribution in [0.1, 0.15) is 16.7 Å². The Bertz CT molecular complexity index is 469. The molecule has 0 unspecified atom stereocenters. The quantitative estimate of drug-likeness (QED) is 0.895. The number of hydrogen-bond donors (Lipinski definition) is 1. The molecule has 0 radical (unpaired) electrons. The van der Waals surface area contributed by atoms with E-state index in [0.717, 1.165) is 12.4 Å². The summed E-state index contributed by atoms with van der Waals surface area (Å²) >= 11 is 0. The largest absolute Gasteiger partial charge is 0.366 e. The molecule has 1 heterocycles. The number of aromatic nitrogens is 1. The Morgan fingerprint density at radius 3 is 2.65 bits per heavy atom. The first-order valence-electron chi connectivity index (χ1n) is 5.47. The molecule has 1 N–H and O–H groups in total. The molecule has 0 aliphatic rings. The zero-order valence-electron chi connectivity index (χ0n) is 10.1. The normalized spacial score (nSPS) is 9.53. The Morgan fingerprint density at radius 1 is 1.12 bits per heavy atom. The van der Waals surface area contributed by atoms with E-state index >= 15 is 0 Å². The molecule has 0 bridgehead atoms. The lowest BCUT2D eigenvalue weighted by atomic mass is 10.1. The first-order chi connectivity index (χ1) is 7.75. The minimum atomic E-state index is 0. The van der Waals surface area contributed by atoms with Crippen LogP contribution < -0.4 is 5.32 Å². The van der Waals surface area contributed by atoms with Crippen molar-refractivity contribution < 1.29 is 0 Å². The lowest BCUT2D eigenvalue weighted by Crippen LogP contribution is -2.02. The monoisotopic (exact) mass is 248 g/mol. The summed E-state index contributed by atoms with van der Waals surface area (Å²) in [6, 6.07) is 12.4. The van der Waals surface area contributed by atoms with Gasteiger partial charge in [0.15, 0.2) is 0 Å². The number of hydrogen-bond acceptors (Lipinski definition) is 2. The molecule has 17 heavy (non-hydrogen) atoms. The predicted octanol–water partition coefficient (Wildman–Crippen LogP) is 3.73. The number of rotatable bonds is 3. The van der Waals surface area contributed by atoms with Crippen LogP contribution >= 0.6 is 12.4 Å². The van der Waals surface area contributed by atoms with Crippen LogP contribution in [0.4, 0.5) is 5.82 Å². The third-order valence-corrected chi connectivity index (χ3v) is 2.63. The summed E-state index contributed by atoms with van der Waals surface area (Å²) in [6.45, 7) is 5.07. The van der Waals surface area contributed by atoms with Gasteiger partial charge in [-0.15, -0.1) is 12.4 Å².